The van der Waals surface area contributed by atoms with Crippen molar-refractivity contribution in [2.45, 2.75) is 0 Å². The van der Waals surface area contributed by atoms with Crippen LogP contribution in [0.2, 0.25) is 0 Å². The summed E-state index contributed by atoms with van der Waals surface area (Å²) in [4.78, 5) is 29.0. The SMILES string of the molecule is N=C(Nc1ncccn1)N1CCN(/C=C2/N=C(c3cccc4ccccc34)OC2=O)CC1. The summed E-state index contributed by atoms with van der Waals surface area (Å²) in [5.41, 5.74) is 1.08. The van der Waals surface area contributed by atoms with Crippen molar-refractivity contribution >= 4 is 34.5 Å². The van der Waals surface area contributed by atoms with Gasteiger partial charge in [-0.3, -0.25) is 10.7 Å². The van der Waals surface area contributed by atoms with Gasteiger partial charge >= 0.3 is 5.97 Å². The quantitative estimate of drug-likeness (QED) is 0.286. The molecule has 0 bridgehead atoms. The number of carbonyl (C=O) groups excluding carboxylic acids is 1. The topological polar surface area (TPSA) is 107 Å². The largest absolute Gasteiger partial charge is 0.402 e. The number of carbonyl (C=O) groups is 1. The number of piperazine rings is 1. The lowest BCUT2D eigenvalue weighted by Gasteiger charge is -2.35. The van der Waals surface area contributed by atoms with Gasteiger partial charge in [0, 0.05) is 50.3 Å². The maximum Gasteiger partial charge on any atom is 0.365 e. The molecule has 2 N–H and O–H groups in total. The van der Waals surface area contributed by atoms with Crippen molar-refractivity contribution in [1.29, 1.82) is 5.41 Å². The second-order valence-corrected chi connectivity index (χ2v) is 7.42. The van der Waals surface area contributed by atoms with Crippen molar-refractivity contribution in [2.24, 2.45) is 4.99 Å². The van der Waals surface area contributed by atoms with Crippen LogP contribution in [0.5, 0.6) is 0 Å². The Labute approximate surface area is 184 Å². The minimum absolute atomic E-state index is 0.250. The van der Waals surface area contributed by atoms with Crippen LogP contribution in [0.15, 0.2) is 77.8 Å². The fourth-order valence-corrected chi connectivity index (χ4v) is 3.72. The predicted molar refractivity (Wildman–Crippen MR) is 121 cm³/mol. The van der Waals surface area contributed by atoms with Crippen LogP contribution < -0.4 is 5.32 Å². The lowest BCUT2D eigenvalue weighted by atomic mass is 10.0. The summed E-state index contributed by atoms with van der Waals surface area (Å²) < 4.78 is 5.48. The molecule has 2 aliphatic heterocycles. The van der Waals surface area contributed by atoms with Gasteiger partial charge in [0.05, 0.1) is 0 Å². The molecule has 9 heteroatoms. The smallest absolute Gasteiger partial charge is 0.365 e. The molecule has 0 spiro atoms. The summed E-state index contributed by atoms with van der Waals surface area (Å²) in [5.74, 6) is 0.516. The van der Waals surface area contributed by atoms with E-state index in [0.29, 0.717) is 38.0 Å². The zero-order valence-electron chi connectivity index (χ0n) is 17.2. The number of esters is 1. The lowest BCUT2D eigenvalue weighted by Crippen LogP contribution is -2.48. The number of guanidine groups is 1. The third-order valence-corrected chi connectivity index (χ3v) is 5.37. The van der Waals surface area contributed by atoms with E-state index in [1.54, 1.807) is 24.7 Å². The standard InChI is InChI=1S/C23H21N7O2/c24-22(28-23-25-9-4-10-26-23)30-13-11-29(12-14-30)15-19-21(31)32-20(27-19)18-8-3-6-16-5-1-2-7-17(16)18/h1-10,15H,11-14H2,(H2,24,25,26,28)/b19-15+. The van der Waals surface area contributed by atoms with Crippen LogP contribution in [0.1, 0.15) is 5.56 Å². The van der Waals surface area contributed by atoms with E-state index < -0.39 is 5.97 Å². The first-order valence-corrected chi connectivity index (χ1v) is 10.3. The normalized spacial score (nSPS) is 17.4. The highest BCUT2D eigenvalue weighted by molar-refractivity contribution is 6.16. The first-order valence-electron chi connectivity index (χ1n) is 10.3. The molecule has 1 saturated heterocycles. The number of fused-ring (bicyclic) bond motifs is 1. The number of benzene rings is 2. The molecule has 1 aromatic heterocycles. The lowest BCUT2D eigenvalue weighted by molar-refractivity contribution is -0.130. The van der Waals surface area contributed by atoms with Gasteiger partial charge in [0.2, 0.25) is 11.8 Å². The number of nitrogens with one attached hydrogen (secondary N) is 2. The van der Waals surface area contributed by atoms with Gasteiger partial charge in [0.15, 0.2) is 11.7 Å². The fraction of sp³-hybridized carbons (Fsp3) is 0.174. The molecule has 160 valence electrons. The Balaban J connectivity index is 1.26. The Morgan fingerprint density at radius 2 is 1.75 bits per heavy atom. The van der Waals surface area contributed by atoms with E-state index >= 15 is 0 Å². The van der Waals surface area contributed by atoms with Crippen LogP contribution in [0, 0.1) is 5.41 Å². The maximum atomic E-state index is 12.4. The molecule has 0 saturated carbocycles. The van der Waals surface area contributed by atoms with Gasteiger partial charge in [-0.2, -0.15) is 0 Å². The predicted octanol–water partition coefficient (Wildman–Crippen LogP) is 2.44. The van der Waals surface area contributed by atoms with E-state index in [4.69, 9.17) is 10.1 Å². The second kappa shape index (κ2) is 8.46. The van der Waals surface area contributed by atoms with E-state index in [9.17, 15) is 4.79 Å². The number of cyclic esters (lactones) is 1. The molecule has 2 aromatic carbocycles. The summed E-state index contributed by atoms with van der Waals surface area (Å²) in [5, 5.41) is 13.2. The third kappa shape index (κ3) is 4.00. The van der Waals surface area contributed by atoms with Crippen LogP contribution in [-0.2, 0) is 9.53 Å². The van der Waals surface area contributed by atoms with Gasteiger partial charge in [-0.15, -0.1) is 0 Å². The molecule has 5 rings (SSSR count). The molecule has 0 atom stereocenters. The molecule has 9 nitrogen and oxygen atoms in total. The van der Waals surface area contributed by atoms with Crippen molar-refractivity contribution in [3.05, 3.63) is 78.4 Å². The summed E-state index contributed by atoms with van der Waals surface area (Å²) in [6.07, 6.45) is 5.00. The van der Waals surface area contributed by atoms with Gasteiger partial charge in [-0.1, -0.05) is 36.4 Å². The van der Waals surface area contributed by atoms with Crippen LogP contribution in [-0.4, -0.2) is 63.8 Å². The second-order valence-electron chi connectivity index (χ2n) is 7.42. The van der Waals surface area contributed by atoms with Gasteiger partial charge < -0.3 is 14.5 Å². The number of hydrogen-bond donors (Lipinski definition) is 2. The average molecular weight is 427 g/mol. The Morgan fingerprint density at radius 3 is 2.56 bits per heavy atom. The van der Waals surface area contributed by atoms with E-state index in [1.165, 1.54) is 0 Å². The molecule has 3 aromatic rings. The summed E-state index contributed by atoms with van der Waals surface area (Å²) in [6, 6.07) is 15.5. The number of rotatable bonds is 3. The number of hydrogen-bond acceptors (Lipinski definition) is 7. The van der Waals surface area contributed by atoms with Gasteiger partial charge in [-0.25, -0.2) is 19.8 Å². The van der Waals surface area contributed by atoms with Crippen LogP contribution in [0.4, 0.5) is 5.95 Å². The molecule has 0 radical (unpaired) electrons. The Hall–Kier alpha value is -4.27. The summed E-state index contributed by atoms with van der Waals surface area (Å²) in [6.45, 7) is 2.54. The van der Waals surface area contributed by atoms with Crippen molar-refractivity contribution < 1.29 is 9.53 Å². The van der Waals surface area contributed by atoms with Gasteiger partial charge in [0.25, 0.3) is 0 Å². The van der Waals surface area contributed by atoms with Crippen molar-refractivity contribution in [3.8, 4) is 0 Å². The zero-order valence-corrected chi connectivity index (χ0v) is 17.2. The molecular formula is C23H21N7O2. The summed E-state index contributed by atoms with van der Waals surface area (Å²) >= 11 is 0. The first kappa shape index (κ1) is 19.7. The molecule has 32 heavy (non-hydrogen) atoms. The highest BCUT2D eigenvalue weighted by Crippen LogP contribution is 2.24. The number of anilines is 1. The molecule has 2 aliphatic rings. The molecule has 1 fully saturated rings. The van der Waals surface area contributed by atoms with Crippen molar-refractivity contribution in [2.75, 3.05) is 31.5 Å². The Morgan fingerprint density at radius 1 is 1.00 bits per heavy atom. The zero-order chi connectivity index (χ0) is 21.9. The third-order valence-electron chi connectivity index (χ3n) is 5.37. The highest BCUT2D eigenvalue weighted by Gasteiger charge is 2.27. The Kier molecular flexibility index (Phi) is 5.20. The molecular weight excluding hydrogens is 406 g/mol. The van der Waals surface area contributed by atoms with E-state index in [-0.39, 0.29) is 11.7 Å². The fourth-order valence-electron chi connectivity index (χ4n) is 3.72. The first-order chi connectivity index (χ1) is 15.7. The highest BCUT2D eigenvalue weighted by atomic mass is 16.6. The van der Waals surface area contributed by atoms with Gasteiger partial charge in [0.1, 0.15) is 0 Å². The van der Waals surface area contributed by atoms with E-state index in [0.717, 1.165) is 16.3 Å². The monoisotopic (exact) mass is 427 g/mol. The molecule has 0 amide bonds. The van der Waals surface area contributed by atoms with E-state index in [2.05, 4.69) is 20.3 Å². The molecule has 0 unspecified atom stereocenters. The Bertz CT molecular complexity index is 1230. The maximum absolute atomic E-state index is 12.4. The molecule has 3 heterocycles. The van der Waals surface area contributed by atoms with Crippen LogP contribution >= 0.6 is 0 Å². The van der Waals surface area contributed by atoms with Gasteiger partial charge in [-0.05, 0) is 22.9 Å². The molecule has 0 aliphatic carbocycles. The van der Waals surface area contributed by atoms with Crippen molar-refractivity contribution in [3.63, 3.8) is 0 Å². The van der Waals surface area contributed by atoms with Crippen LogP contribution in [0.25, 0.3) is 10.8 Å². The number of ether oxygens (including phenoxy) is 1. The van der Waals surface area contributed by atoms with Crippen molar-refractivity contribution in [1.82, 2.24) is 19.8 Å². The van der Waals surface area contributed by atoms with Crippen LogP contribution in [0.3, 0.4) is 0 Å². The summed E-state index contributed by atoms with van der Waals surface area (Å²) in [7, 11) is 0. The minimum atomic E-state index is -0.453. The number of nitrogens with zero attached hydrogens (tertiary/aromatic N) is 5. The minimum Gasteiger partial charge on any atom is -0.402 e. The average Bonchev–Trinajstić information content (AvgIpc) is 3.19. The number of aliphatic imine (C=N–C) groups is 1. The number of aromatic nitrogens is 2. The van der Waals surface area contributed by atoms with E-state index in [1.807, 2.05) is 52.3 Å².